The van der Waals surface area contributed by atoms with Crippen molar-refractivity contribution >= 4 is 16.9 Å². The SMILES string of the molecule is O=C(c1cc(=O)c2ccccc2o1)N1CC[C@H](Cc2cccc(CO)c2)C1. The number of carbonyl (C=O) groups excluding carboxylic acids is 1. The normalized spacial score (nSPS) is 16.8. The highest BCUT2D eigenvalue weighted by Crippen LogP contribution is 2.23. The van der Waals surface area contributed by atoms with Crippen molar-refractivity contribution in [1.82, 2.24) is 4.90 Å². The van der Waals surface area contributed by atoms with E-state index in [1.54, 1.807) is 29.2 Å². The second-order valence-corrected chi connectivity index (χ2v) is 7.06. The highest BCUT2D eigenvalue weighted by Gasteiger charge is 2.28. The molecule has 1 atom stereocenters. The third-order valence-electron chi connectivity index (χ3n) is 5.12. The number of hydrogen-bond donors (Lipinski definition) is 1. The molecule has 27 heavy (non-hydrogen) atoms. The van der Waals surface area contributed by atoms with Crippen molar-refractivity contribution in [3.8, 4) is 0 Å². The number of carbonyl (C=O) groups is 1. The number of aliphatic hydroxyl groups is 1. The third kappa shape index (κ3) is 3.64. The van der Waals surface area contributed by atoms with E-state index in [1.807, 2.05) is 24.3 Å². The fourth-order valence-electron chi connectivity index (χ4n) is 3.74. The quantitative estimate of drug-likeness (QED) is 0.774. The molecule has 0 spiro atoms. The van der Waals surface area contributed by atoms with Crippen molar-refractivity contribution in [2.24, 2.45) is 5.92 Å². The minimum Gasteiger partial charge on any atom is -0.451 e. The van der Waals surface area contributed by atoms with Gasteiger partial charge in [-0.05, 0) is 42.0 Å². The van der Waals surface area contributed by atoms with E-state index in [1.165, 1.54) is 6.07 Å². The molecule has 1 aliphatic heterocycles. The average Bonchev–Trinajstić information content (AvgIpc) is 3.16. The van der Waals surface area contributed by atoms with Gasteiger partial charge in [0.05, 0.1) is 12.0 Å². The number of rotatable bonds is 4. The summed E-state index contributed by atoms with van der Waals surface area (Å²) in [4.78, 5) is 26.8. The van der Waals surface area contributed by atoms with Crippen LogP contribution < -0.4 is 5.43 Å². The predicted molar refractivity (Wildman–Crippen MR) is 103 cm³/mol. The number of hydrogen-bond acceptors (Lipinski definition) is 4. The molecule has 3 aromatic rings. The summed E-state index contributed by atoms with van der Waals surface area (Å²) in [6, 6.07) is 16.2. The molecular formula is C22H21NO4. The van der Waals surface area contributed by atoms with Gasteiger partial charge in [0.15, 0.2) is 11.2 Å². The van der Waals surface area contributed by atoms with Crippen LogP contribution in [-0.4, -0.2) is 29.0 Å². The summed E-state index contributed by atoms with van der Waals surface area (Å²) in [7, 11) is 0. The van der Waals surface area contributed by atoms with Crippen molar-refractivity contribution in [3.05, 3.63) is 81.7 Å². The van der Waals surface area contributed by atoms with E-state index in [0.29, 0.717) is 30.0 Å². The van der Waals surface area contributed by atoms with Gasteiger partial charge in [-0.25, -0.2) is 0 Å². The summed E-state index contributed by atoms with van der Waals surface area (Å²) in [6.45, 7) is 1.32. The molecule has 0 radical (unpaired) electrons. The van der Waals surface area contributed by atoms with E-state index in [4.69, 9.17) is 4.42 Å². The van der Waals surface area contributed by atoms with E-state index in [9.17, 15) is 14.7 Å². The lowest BCUT2D eigenvalue weighted by Crippen LogP contribution is -2.29. The predicted octanol–water partition coefficient (Wildman–Crippen LogP) is 2.99. The van der Waals surface area contributed by atoms with Crippen molar-refractivity contribution in [1.29, 1.82) is 0 Å². The summed E-state index contributed by atoms with van der Waals surface area (Å²) in [5.74, 6) is 0.223. The number of nitrogens with zero attached hydrogens (tertiary/aromatic N) is 1. The lowest BCUT2D eigenvalue weighted by molar-refractivity contribution is 0.0756. The molecule has 5 heteroatoms. The molecule has 0 aliphatic carbocycles. The highest BCUT2D eigenvalue weighted by molar-refractivity contribution is 5.93. The molecule has 0 unspecified atom stereocenters. The van der Waals surface area contributed by atoms with Crippen molar-refractivity contribution in [2.45, 2.75) is 19.4 Å². The lowest BCUT2D eigenvalue weighted by atomic mass is 9.97. The molecule has 1 aromatic heterocycles. The first kappa shape index (κ1) is 17.5. The van der Waals surface area contributed by atoms with Crippen LogP contribution in [0.15, 0.2) is 63.8 Å². The number of benzene rings is 2. The first-order chi connectivity index (χ1) is 13.1. The van der Waals surface area contributed by atoms with E-state index < -0.39 is 0 Å². The number of aliphatic hydroxyl groups excluding tert-OH is 1. The Morgan fingerprint density at radius 1 is 1.11 bits per heavy atom. The topological polar surface area (TPSA) is 70.8 Å². The maximum Gasteiger partial charge on any atom is 0.289 e. The van der Waals surface area contributed by atoms with Crippen LogP contribution in [-0.2, 0) is 13.0 Å². The van der Waals surface area contributed by atoms with Crippen molar-refractivity contribution in [3.63, 3.8) is 0 Å². The first-order valence-electron chi connectivity index (χ1n) is 9.15. The molecule has 1 amide bonds. The Morgan fingerprint density at radius 2 is 1.93 bits per heavy atom. The van der Waals surface area contributed by atoms with Crippen LogP contribution in [0, 0.1) is 5.92 Å². The average molecular weight is 363 g/mol. The summed E-state index contributed by atoms with van der Waals surface area (Å²) >= 11 is 0. The second-order valence-electron chi connectivity index (χ2n) is 7.06. The fraction of sp³-hybridized carbons (Fsp3) is 0.273. The van der Waals surface area contributed by atoms with E-state index >= 15 is 0 Å². The van der Waals surface area contributed by atoms with Gasteiger partial charge in [-0.15, -0.1) is 0 Å². The van der Waals surface area contributed by atoms with Gasteiger partial charge in [0.25, 0.3) is 5.91 Å². The smallest absolute Gasteiger partial charge is 0.289 e. The van der Waals surface area contributed by atoms with Crippen LogP contribution in [0.5, 0.6) is 0 Å². The fourth-order valence-corrected chi connectivity index (χ4v) is 3.74. The maximum absolute atomic E-state index is 12.8. The zero-order chi connectivity index (χ0) is 18.8. The van der Waals surface area contributed by atoms with Gasteiger partial charge in [0.2, 0.25) is 0 Å². The highest BCUT2D eigenvalue weighted by atomic mass is 16.3. The molecule has 2 aromatic carbocycles. The van der Waals surface area contributed by atoms with Gasteiger partial charge in [0, 0.05) is 19.2 Å². The number of likely N-dealkylation sites (tertiary alicyclic amines) is 1. The van der Waals surface area contributed by atoms with Gasteiger partial charge in [-0.1, -0.05) is 36.4 Å². The molecular weight excluding hydrogens is 342 g/mol. The zero-order valence-electron chi connectivity index (χ0n) is 14.9. The van der Waals surface area contributed by atoms with Crippen LogP contribution in [0.2, 0.25) is 0 Å². The maximum atomic E-state index is 12.8. The zero-order valence-corrected chi connectivity index (χ0v) is 14.9. The molecule has 0 bridgehead atoms. The van der Waals surface area contributed by atoms with E-state index in [2.05, 4.69) is 0 Å². The van der Waals surface area contributed by atoms with Crippen LogP contribution in [0.1, 0.15) is 28.1 Å². The van der Waals surface area contributed by atoms with E-state index in [-0.39, 0.29) is 23.7 Å². The summed E-state index contributed by atoms with van der Waals surface area (Å²) in [5.41, 5.74) is 2.30. The number of fused-ring (bicyclic) bond motifs is 1. The van der Waals surface area contributed by atoms with Crippen LogP contribution in [0.25, 0.3) is 11.0 Å². The van der Waals surface area contributed by atoms with E-state index in [0.717, 1.165) is 24.0 Å². The summed E-state index contributed by atoms with van der Waals surface area (Å²) in [6.07, 6.45) is 1.77. The Morgan fingerprint density at radius 3 is 2.78 bits per heavy atom. The Kier molecular flexibility index (Phi) is 4.77. The van der Waals surface area contributed by atoms with Gasteiger partial charge in [0.1, 0.15) is 5.58 Å². The molecule has 1 fully saturated rings. The Hall–Kier alpha value is -2.92. The second kappa shape index (κ2) is 7.37. The molecule has 1 aliphatic rings. The van der Waals surface area contributed by atoms with Crippen molar-refractivity contribution in [2.75, 3.05) is 13.1 Å². The minimum absolute atomic E-state index is 0.0319. The molecule has 1 saturated heterocycles. The molecule has 138 valence electrons. The monoisotopic (exact) mass is 363 g/mol. The summed E-state index contributed by atoms with van der Waals surface area (Å²) < 4.78 is 5.68. The van der Waals surface area contributed by atoms with Crippen LogP contribution in [0.4, 0.5) is 0 Å². The third-order valence-corrected chi connectivity index (χ3v) is 5.12. The number of para-hydroxylation sites is 1. The van der Waals surface area contributed by atoms with Gasteiger partial charge in [-0.2, -0.15) is 0 Å². The van der Waals surface area contributed by atoms with Gasteiger partial charge in [-0.3, -0.25) is 9.59 Å². The summed E-state index contributed by atoms with van der Waals surface area (Å²) in [5, 5.41) is 9.76. The van der Waals surface area contributed by atoms with Crippen LogP contribution >= 0.6 is 0 Å². The minimum atomic E-state index is -0.232. The molecule has 5 nitrogen and oxygen atoms in total. The lowest BCUT2D eigenvalue weighted by Gasteiger charge is -2.16. The molecule has 4 rings (SSSR count). The Labute approximate surface area is 156 Å². The largest absolute Gasteiger partial charge is 0.451 e. The molecule has 0 saturated carbocycles. The molecule has 1 N–H and O–H groups in total. The van der Waals surface area contributed by atoms with Crippen molar-refractivity contribution < 1.29 is 14.3 Å². The van der Waals surface area contributed by atoms with Gasteiger partial charge < -0.3 is 14.4 Å². The standard InChI is InChI=1S/C22H21NO4/c24-14-17-5-3-4-15(11-17)10-16-8-9-23(13-16)22(26)21-12-19(25)18-6-1-2-7-20(18)27-21/h1-7,11-12,16,24H,8-10,13-14H2/t16-/m1/s1. The Balaban J connectivity index is 1.48. The number of amides is 1. The van der Waals surface area contributed by atoms with Crippen LogP contribution in [0.3, 0.4) is 0 Å². The first-order valence-corrected chi connectivity index (χ1v) is 9.15. The van der Waals surface area contributed by atoms with Gasteiger partial charge >= 0.3 is 0 Å². The molecule has 2 heterocycles. The Bertz CT molecular complexity index is 1040.